The van der Waals surface area contributed by atoms with Crippen molar-refractivity contribution in [3.63, 3.8) is 0 Å². The first-order chi connectivity index (χ1) is 12.6. The van der Waals surface area contributed by atoms with Gasteiger partial charge < -0.3 is 19.1 Å². The molecule has 0 unspecified atom stereocenters. The molecule has 4 rings (SSSR count). The third-order valence-electron chi connectivity index (χ3n) is 4.33. The van der Waals surface area contributed by atoms with E-state index in [0.29, 0.717) is 22.4 Å². The van der Waals surface area contributed by atoms with Gasteiger partial charge in [-0.05, 0) is 29.4 Å². The number of fused-ring (bicyclic) bond motifs is 2. The first kappa shape index (κ1) is 16.1. The summed E-state index contributed by atoms with van der Waals surface area (Å²) in [5.41, 5.74) is 1.49. The van der Waals surface area contributed by atoms with Crippen LogP contribution in [0.3, 0.4) is 0 Å². The monoisotopic (exact) mass is 353 g/mol. The lowest BCUT2D eigenvalue weighted by molar-refractivity contribution is -0.0173. The molecule has 2 aromatic carbocycles. The lowest BCUT2D eigenvalue weighted by Gasteiger charge is -2.21. The Hall–Kier alpha value is -3.44. The molecule has 3 aromatic rings. The van der Waals surface area contributed by atoms with E-state index < -0.39 is 5.82 Å². The standard InChI is InChI=1S/C18H12FN3O4/c19-13-4-11(17-12(5-13)8-25-9-26-17)7-22-14-3-1-2-10(6-20)15(14)16(21-24)18(22)23/h1-5,23H,7-9H2. The normalized spacial score (nSPS) is 13.1. The van der Waals surface area contributed by atoms with Gasteiger partial charge in [-0.25, -0.2) is 4.39 Å². The van der Waals surface area contributed by atoms with Gasteiger partial charge in [0.15, 0.2) is 12.5 Å². The van der Waals surface area contributed by atoms with Crippen molar-refractivity contribution < 1.29 is 19.0 Å². The quantitative estimate of drug-likeness (QED) is 0.725. The maximum atomic E-state index is 14.0. The number of ether oxygens (including phenoxy) is 2. The summed E-state index contributed by atoms with van der Waals surface area (Å²) < 4.78 is 26.0. The third-order valence-corrected chi connectivity index (χ3v) is 4.33. The molecule has 0 bridgehead atoms. The Morgan fingerprint density at radius 3 is 3.00 bits per heavy atom. The maximum absolute atomic E-state index is 14.0. The fraction of sp³-hybridized carbons (Fsp3) is 0.167. The van der Waals surface area contributed by atoms with Gasteiger partial charge >= 0.3 is 0 Å². The highest BCUT2D eigenvalue weighted by molar-refractivity contribution is 5.99. The molecule has 0 aliphatic carbocycles. The zero-order valence-corrected chi connectivity index (χ0v) is 13.4. The Bertz CT molecular complexity index is 1080. The van der Waals surface area contributed by atoms with Gasteiger partial charge in [-0.2, -0.15) is 5.26 Å². The van der Waals surface area contributed by atoms with Crippen molar-refractivity contribution in [2.75, 3.05) is 6.79 Å². The fourth-order valence-electron chi connectivity index (χ4n) is 3.25. The number of nitrogens with zero attached hydrogens (tertiary/aromatic N) is 3. The van der Waals surface area contributed by atoms with Crippen molar-refractivity contribution >= 4 is 16.6 Å². The van der Waals surface area contributed by atoms with Crippen molar-refractivity contribution in [1.29, 1.82) is 5.26 Å². The summed E-state index contributed by atoms with van der Waals surface area (Å²) in [7, 11) is 0. The van der Waals surface area contributed by atoms with Crippen LogP contribution in [-0.2, 0) is 17.9 Å². The van der Waals surface area contributed by atoms with Gasteiger partial charge in [0.1, 0.15) is 11.6 Å². The van der Waals surface area contributed by atoms with Crippen LogP contribution in [0, 0.1) is 22.1 Å². The van der Waals surface area contributed by atoms with Crippen LogP contribution in [0.5, 0.6) is 11.6 Å². The molecule has 0 spiro atoms. The highest BCUT2D eigenvalue weighted by Gasteiger charge is 2.23. The molecule has 0 saturated heterocycles. The third kappa shape index (κ3) is 2.37. The fourth-order valence-corrected chi connectivity index (χ4v) is 3.25. The van der Waals surface area contributed by atoms with E-state index >= 15 is 0 Å². The molecule has 1 N–H and O–H groups in total. The van der Waals surface area contributed by atoms with Crippen LogP contribution in [0.15, 0.2) is 35.5 Å². The summed E-state index contributed by atoms with van der Waals surface area (Å²) >= 11 is 0. The molecule has 0 atom stereocenters. The maximum Gasteiger partial charge on any atom is 0.222 e. The van der Waals surface area contributed by atoms with E-state index in [9.17, 15) is 19.7 Å². The summed E-state index contributed by atoms with van der Waals surface area (Å²) in [4.78, 5) is 11.2. The smallest absolute Gasteiger partial charge is 0.222 e. The van der Waals surface area contributed by atoms with Crippen LogP contribution in [0.25, 0.3) is 10.9 Å². The summed E-state index contributed by atoms with van der Waals surface area (Å²) in [5, 5.41) is 22.9. The molecule has 0 saturated carbocycles. The summed E-state index contributed by atoms with van der Waals surface area (Å²) in [6.45, 7) is 0.300. The first-order valence-electron chi connectivity index (χ1n) is 7.73. The second-order valence-electron chi connectivity index (χ2n) is 5.82. The van der Waals surface area contributed by atoms with Gasteiger partial charge in [-0.3, -0.25) is 0 Å². The van der Waals surface area contributed by atoms with E-state index in [1.54, 1.807) is 12.1 Å². The molecule has 1 aliphatic heterocycles. The minimum atomic E-state index is -0.463. The van der Waals surface area contributed by atoms with Gasteiger partial charge in [0, 0.05) is 11.1 Å². The van der Waals surface area contributed by atoms with Gasteiger partial charge in [0.2, 0.25) is 5.88 Å². The SMILES string of the molecule is N#Cc1cccc2c1c(N=O)c(O)n2Cc1cc(F)cc2c1OCOC2. The predicted octanol–water partition coefficient (Wildman–Crippen LogP) is 3.67. The number of hydrogen-bond acceptors (Lipinski definition) is 6. The molecule has 8 heteroatoms. The van der Waals surface area contributed by atoms with Crippen molar-refractivity contribution in [3.8, 4) is 17.7 Å². The number of benzene rings is 2. The second-order valence-corrected chi connectivity index (χ2v) is 5.82. The number of nitroso groups, excluding NO2 is 1. The lowest BCUT2D eigenvalue weighted by atomic mass is 10.1. The van der Waals surface area contributed by atoms with Gasteiger partial charge in [0.05, 0.1) is 35.7 Å². The van der Waals surface area contributed by atoms with Gasteiger partial charge in [0.25, 0.3) is 0 Å². The molecule has 130 valence electrons. The van der Waals surface area contributed by atoms with E-state index in [1.165, 1.54) is 22.8 Å². The van der Waals surface area contributed by atoms with Crippen molar-refractivity contribution in [3.05, 3.63) is 57.7 Å². The lowest BCUT2D eigenvalue weighted by Crippen LogP contribution is -2.14. The van der Waals surface area contributed by atoms with Crippen LogP contribution in [-0.4, -0.2) is 16.5 Å². The van der Waals surface area contributed by atoms with Crippen LogP contribution in [0.1, 0.15) is 16.7 Å². The van der Waals surface area contributed by atoms with E-state index in [2.05, 4.69) is 5.18 Å². The molecule has 0 amide bonds. The molecular formula is C18H12FN3O4. The molecule has 2 heterocycles. The highest BCUT2D eigenvalue weighted by atomic mass is 19.1. The van der Waals surface area contributed by atoms with E-state index in [-0.39, 0.29) is 42.5 Å². The van der Waals surface area contributed by atoms with Crippen LogP contribution in [0.4, 0.5) is 10.1 Å². The number of nitriles is 1. The average Bonchev–Trinajstić information content (AvgIpc) is 2.93. The minimum Gasteiger partial charge on any atom is -0.493 e. The van der Waals surface area contributed by atoms with Crippen LogP contribution < -0.4 is 4.74 Å². The van der Waals surface area contributed by atoms with E-state index in [4.69, 9.17) is 9.47 Å². The molecule has 0 radical (unpaired) electrons. The van der Waals surface area contributed by atoms with E-state index in [0.717, 1.165) is 0 Å². The Kier molecular flexibility index (Phi) is 3.78. The molecule has 1 aromatic heterocycles. The van der Waals surface area contributed by atoms with Crippen molar-refractivity contribution in [2.45, 2.75) is 13.2 Å². The first-order valence-corrected chi connectivity index (χ1v) is 7.73. The number of halogens is 1. The molecule has 0 fully saturated rings. The van der Waals surface area contributed by atoms with E-state index in [1.807, 2.05) is 6.07 Å². The zero-order valence-electron chi connectivity index (χ0n) is 13.4. The number of aromatic nitrogens is 1. The molecular weight excluding hydrogens is 341 g/mol. The Labute approximate surface area is 146 Å². The predicted molar refractivity (Wildman–Crippen MR) is 89.6 cm³/mol. The number of hydrogen-bond donors (Lipinski definition) is 1. The van der Waals surface area contributed by atoms with Crippen LogP contribution in [0.2, 0.25) is 0 Å². The summed E-state index contributed by atoms with van der Waals surface area (Å²) in [6, 6.07) is 9.44. The molecule has 26 heavy (non-hydrogen) atoms. The van der Waals surface area contributed by atoms with Crippen molar-refractivity contribution in [1.82, 2.24) is 4.57 Å². The highest BCUT2D eigenvalue weighted by Crippen LogP contribution is 2.41. The topological polar surface area (TPSA) is 96.8 Å². The second kappa shape index (κ2) is 6.13. The van der Waals surface area contributed by atoms with Crippen LogP contribution >= 0.6 is 0 Å². The summed E-state index contributed by atoms with van der Waals surface area (Å²) in [6.07, 6.45) is 0. The zero-order chi connectivity index (χ0) is 18.3. The Morgan fingerprint density at radius 2 is 2.23 bits per heavy atom. The Morgan fingerprint density at radius 1 is 1.38 bits per heavy atom. The molecule has 1 aliphatic rings. The largest absolute Gasteiger partial charge is 0.493 e. The van der Waals surface area contributed by atoms with Crippen molar-refractivity contribution in [2.24, 2.45) is 5.18 Å². The van der Waals surface area contributed by atoms with Gasteiger partial charge in [-0.1, -0.05) is 6.07 Å². The summed E-state index contributed by atoms with van der Waals surface area (Å²) in [5.74, 6) is -0.367. The number of rotatable bonds is 3. The molecule has 7 nitrogen and oxygen atoms in total. The number of aromatic hydroxyl groups is 1. The Balaban J connectivity index is 1.92. The van der Waals surface area contributed by atoms with Gasteiger partial charge in [-0.15, -0.1) is 4.91 Å². The average molecular weight is 353 g/mol. The minimum absolute atomic E-state index is 0.0346.